The molecule has 0 saturated carbocycles. The van der Waals surface area contributed by atoms with E-state index in [0.717, 1.165) is 13.1 Å². The number of nitrogens with one attached hydrogen (secondary N) is 2. The van der Waals surface area contributed by atoms with Crippen LogP contribution in [0.25, 0.3) is 0 Å². The first-order valence-corrected chi connectivity index (χ1v) is 8.39. The van der Waals surface area contributed by atoms with E-state index >= 15 is 0 Å². The van der Waals surface area contributed by atoms with Gasteiger partial charge in [0.1, 0.15) is 0 Å². The molecule has 8 nitrogen and oxygen atoms in total. The molecule has 0 aliphatic carbocycles. The van der Waals surface area contributed by atoms with Crippen molar-refractivity contribution >= 4 is 11.9 Å². The molecular formula is C16H30N2O6. The van der Waals surface area contributed by atoms with E-state index in [9.17, 15) is 9.59 Å². The van der Waals surface area contributed by atoms with Crippen molar-refractivity contribution in [2.45, 2.75) is 26.1 Å². The van der Waals surface area contributed by atoms with Gasteiger partial charge >= 0.3 is 11.9 Å². The lowest BCUT2D eigenvalue weighted by Gasteiger charge is -2.14. The number of methoxy groups -OCH3 is 2. The third-order valence-electron chi connectivity index (χ3n) is 4.10. The van der Waals surface area contributed by atoms with Crippen molar-refractivity contribution in [2.75, 3.05) is 53.6 Å². The second-order valence-corrected chi connectivity index (χ2v) is 5.58. The second-order valence-electron chi connectivity index (χ2n) is 5.58. The van der Waals surface area contributed by atoms with Crippen molar-refractivity contribution in [3.05, 3.63) is 0 Å². The number of carbonyl (C=O) groups is 2. The Labute approximate surface area is 143 Å². The van der Waals surface area contributed by atoms with E-state index in [1.807, 2.05) is 13.8 Å². The first-order chi connectivity index (χ1) is 11.6. The van der Waals surface area contributed by atoms with E-state index in [4.69, 9.17) is 18.9 Å². The molecule has 2 rings (SSSR count). The summed E-state index contributed by atoms with van der Waals surface area (Å²) in [6.45, 7) is 7.29. The highest BCUT2D eigenvalue weighted by atomic mass is 16.5. The molecule has 0 aromatic heterocycles. The fourth-order valence-electron chi connectivity index (χ4n) is 2.77. The molecule has 0 bridgehead atoms. The zero-order valence-corrected chi connectivity index (χ0v) is 15.0. The molecule has 24 heavy (non-hydrogen) atoms. The van der Waals surface area contributed by atoms with Crippen LogP contribution in [0.5, 0.6) is 0 Å². The summed E-state index contributed by atoms with van der Waals surface area (Å²) < 4.78 is 20.1. The Hall–Kier alpha value is -1.22. The van der Waals surface area contributed by atoms with Gasteiger partial charge in [0.25, 0.3) is 0 Å². The summed E-state index contributed by atoms with van der Waals surface area (Å²) in [5, 5.41) is 6.17. The Kier molecular flexibility index (Phi) is 9.85. The molecule has 140 valence electrons. The van der Waals surface area contributed by atoms with Crippen LogP contribution < -0.4 is 10.6 Å². The maximum atomic E-state index is 11.3. The summed E-state index contributed by atoms with van der Waals surface area (Å²) >= 11 is 0. The monoisotopic (exact) mass is 346 g/mol. The summed E-state index contributed by atoms with van der Waals surface area (Å²) in [4.78, 5) is 22.5. The lowest BCUT2D eigenvalue weighted by atomic mass is 10.1. The Morgan fingerprint density at radius 3 is 1.46 bits per heavy atom. The Morgan fingerprint density at radius 2 is 1.17 bits per heavy atom. The molecule has 0 unspecified atom stereocenters. The van der Waals surface area contributed by atoms with Crippen molar-refractivity contribution in [3.8, 4) is 0 Å². The van der Waals surface area contributed by atoms with Crippen molar-refractivity contribution in [3.63, 3.8) is 0 Å². The van der Waals surface area contributed by atoms with E-state index in [1.165, 1.54) is 0 Å². The zero-order chi connectivity index (χ0) is 17.9. The molecule has 2 aliphatic rings. The molecule has 2 aliphatic heterocycles. The number of hydrogen-bond donors (Lipinski definition) is 2. The van der Waals surface area contributed by atoms with Gasteiger partial charge in [0.2, 0.25) is 0 Å². The van der Waals surface area contributed by atoms with Crippen LogP contribution in [0.2, 0.25) is 0 Å². The van der Waals surface area contributed by atoms with Crippen LogP contribution in [0.1, 0.15) is 13.8 Å². The molecule has 2 N–H and O–H groups in total. The number of carbonyl (C=O) groups excluding carboxylic acids is 2. The summed E-state index contributed by atoms with van der Waals surface area (Å²) in [6.07, 6.45) is -0.0481. The molecule has 8 heteroatoms. The van der Waals surface area contributed by atoms with E-state index in [2.05, 4.69) is 10.6 Å². The quantitative estimate of drug-likeness (QED) is 0.626. The van der Waals surface area contributed by atoms with Gasteiger partial charge in [0.05, 0.1) is 37.3 Å². The Bertz CT molecular complexity index is 357. The average Bonchev–Trinajstić information content (AvgIpc) is 3.24. The summed E-state index contributed by atoms with van der Waals surface area (Å²) in [7, 11) is 3.23. The predicted octanol–water partition coefficient (Wildman–Crippen LogP) is -0.432. The van der Waals surface area contributed by atoms with Gasteiger partial charge in [-0.25, -0.2) is 0 Å². The zero-order valence-electron chi connectivity index (χ0n) is 15.0. The second kappa shape index (κ2) is 11.4. The van der Waals surface area contributed by atoms with E-state index in [0.29, 0.717) is 26.3 Å². The topological polar surface area (TPSA) is 95.1 Å². The molecule has 0 amide bonds. The van der Waals surface area contributed by atoms with E-state index in [1.54, 1.807) is 14.2 Å². The normalized spacial score (nSPS) is 28.8. The maximum Gasteiger partial charge on any atom is 0.312 e. The van der Waals surface area contributed by atoms with Gasteiger partial charge in [-0.2, -0.15) is 0 Å². The highest BCUT2D eigenvalue weighted by Gasteiger charge is 2.34. The summed E-state index contributed by atoms with van der Waals surface area (Å²) in [5.74, 6) is -0.575. The number of rotatable bonds is 6. The van der Waals surface area contributed by atoms with Crippen LogP contribution >= 0.6 is 0 Å². The van der Waals surface area contributed by atoms with Crippen LogP contribution in [0.3, 0.4) is 0 Å². The van der Waals surface area contributed by atoms with Gasteiger partial charge in [0, 0.05) is 40.4 Å². The fraction of sp³-hybridized carbons (Fsp3) is 0.875. The van der Waals surface area contributed by atoms with Gasteiger partial charge in [-0.05, 0) is 13.8 Å². The van der Waals surface area contributed by atoms with Crippen molar-refractivity contribution < 1.29 is 28.5 Å². The highest BCUT2D eigenvalue weighted by Crippen LogP contribution is 2.14. The van der Waals surface area contributed by atoms with Crippen molar-refractivity contribution in [1.82, 2.24) is 10.6 Å². The van der Waals surface area contributed by atoms with E-state index < -0.39 is 0 Å². The predicted molar refractivity (Wildman–Crippen MR) is 87.6 cm³/mol. The molecule has 0 spiro atoms. The number of hydrogen-bond acceptors (Lipinski definition) is 8. The lowest BCUT2D eigenvalue weighted by Crippen LogP contribution is -2.29. The standard InChI is InChI=1S/2C8H15NO3/c2*1-3-12-8(10)6-4-9-5-7(6)11-2/h2*6-7,9H,3-5H2,1-2H3/t2*6-,7-/m10/s1. The van der Waals surface area contributed by atoms with Crippen LogP contribution in [-0.2, 0) is 28.5 Å². The van der Waals surface area contributed by atoms with Gasteiger partial charge in [0.15, 0.2) is 0 Å². The molecule has 0 radical (unpaired) electrons. The maximum absolute atomic E-state index is 11.3. The van der Waals surface area contributed by atoms with Crippen molar-refractivity contribution in [2.24, 2.45) is 11.8 Å². The Balaban J connectivity index is 0.000000240. The Morgan fingerprint density at radius 1 is 0.792 bits per heavy atom. The molecule has 2 fully saturated rings. The van der Waals surface area contributed by atoms with Gasteiger partial charge in [-0.1, -0.05) is 0 Å². The number of ether oxygens (including phenoxy) is 4. The van der Waals surface area contributed by atoms with Crippen LogP contribution in [0, 0.1) is 11.8 Å². The van der Waals surface area contributed by atoms with E-state index in [-0.39, 0.29) is 36.0 Å². The first-order valence-electron chi connectivity index (χ1n) is 8.39. The third kappa shape index (κ3) is 6.01. The lowest BCUT2D eigenvalue weighted by molar-refractivity contribution is -0.151. The average molecular weight is 346 g/mol. The minimum atomic E-state index is -0.158. The largest absolute Gasteiger partial charge is 0.466 e. The van der Waals surface area contributed by atoms with Crippen molar-refractivity contribution in [1.29, 1.82) is 0 Å². The van der Waals surface area contributed by atoms with Crippen LogP contribution in [0.4, 0.5) is 0 Å². The van der Waals surface area contributed by atoms with Gasteiger partial charge in [-0.15, -0.1) is 0 Å². The number of esters is 2. The minimum Gasteiger partial charge on any atom is -0.466 e. The van der Waals surface area contributed by atoms with Crippen LogP contribution in [0.15, 0.2) is 0 Å². The van der Waals surface area contributed by atoms with Crippen LogP contribution in [-0.4, -0.2) is 77.8 Å². The minimum absolute atomic E-state index is 0.0240. The summed E-state index contributed by atoms with van der Waals surface area (Å²) in [5.41, 5.74) is 0. The highest BCUT2D eigenvalue weighted by molar-refractivity contribution is 5.74. The van der Waals surface area contributed by atoms with Gasteiger partial charge < -0.3 is 29.6 Å². The third-order valence-corrected chi connectivity index (χ3v) is 4.10. The summed E-state index contributed by atoms with van der Waals surface area (Å²) in [6, 6.07) is 0. The SMILES string of the molecule is CCOC(=O)[C@@H]1CNC[C@H]1OC.CCOC(=O)[C@H]1CNC[C@@H]1OC. The molecule has 2 heterocycles. The smallest absolute Gasteiger partial charge is 0.312 e. The van der Waals surface area contributed by atoms with Gasteiger partial charge in [-0.3, -0.25) is 9.59 Å². The molecule has 0 aromatic carbocycles. The molecule has 0 aromatic rings. The molecule has 2 saturated heterocycles. The first kappa shape index (κ1) is 20.8. The molecular weight excluding hydrogens is 316 g/mol. The fourth-order valence-corrected chi connectivity index (χ4v) is 2.77. The molecule has 4 atom stereocenters.